The molecule has 0 saturated carbocycles. The number of carbonyl (C=O) groups is 2. The van der Waals surface area contributed by atoms with Crippen molar-refractivity contribution in [1.82, 2.24) is 15.3 Å². The van der Waals surface area contributed by atoms with E-state index in [1.165, 1.54) is 26.2 Å². The highest BCUT2D eigenvalue weighted by atomic mass is 19.1. The van der Waals surface area contributed by atoms with Gasteiger partial charge in [-0.25, -0.2) is 9.78 Å². The summed E-state index contributed by atoms with van der Waals surface area (Å²) in [5.74, 6) is -1.92. The summed E-state index contributed by atoms with van der Waals surface area (Å²) in [7, 11) is 1.22. The minimum Gasteiger partial charge on any atom is -0.436 e. The van der Waals surface area contributed by atoms with Crippen LogP contribution in [-0.4, -0.2) is 34.7 Å². The van der Waals surface area contributed by atoms with E-state index in [0.717, 1.165) is 6.33 Å². The van der Waals surface area contributed by atoms with Gasteiger partial charge in [0.25, 0.3) is 11.8 Å². The largest absolute Gasteiger partial charge is 0.436 e. The molecule has 0 atom stereocenters. The molecule has 9 nitrogen and oxygen atoms in total. The molecule has 1 heterocycles. The van der Waals surface area contributed by atoms with E-state index in [2.05, 4.69) is 20.0 Å². The number of hydrogen-bond acceptors (Lipinski definition) is 7. The first-order valence-electron chi connectivity index (χ1n) is 6.90. The standard InChI is InChI=1S/C15H14FN5O4/c1-8-11(16)14(19-7-18-8)25-10-6-4-3-5-9(10)12(21-24-2)13(22)20-15(17)23/h3-7H,1-2H3,(H3,17,20,22,23)/b21-12+. The molecular weight excluding hydrogens is 333 g/mol. The van der Waals surface area contributed by atoms with Crippen LogP contribution in [0.15, 0.2) is 35.7 Å². The Bertz CT molecular complexity index is 840. The van der Waals surface area contributed by atoms with Crippen molar-refractivity contribution in [2.45, 2.75) is 6.92 Å². The number of amides is 3. The molecule has 0 aliphatic carbocycles. The fourth-order valence-corrected chi connectivity index (χ4v) is 1.84. The SMILES string of the molecule is CO/N=C(/C(=O)NC(N)=O)c1ccccc1Oc1ncnc(C)c1F. The fourth-order valence-electron chi connectivity index (χ4n) is 1.84. The number of urea groups is 1. The van der Waals surface area contributed by atoms with Crippen LogP contribution in [0, 0.1) is 12.7 Å². The van der Waals surface area contributed by atoms with Crippen molar-refractivity contribution in [2.24, 2.45) is 10.9 Å². The summed E-state index contributed by atoms with van der Waals surface area (Å²) in [6, 6.07) is 5.06. The molecule has 2 rings (SSSR count). The molecule has 3 amide bonds. The number of nitrogens with two attached hydrogens (primary N) is 1. The Morgan fingerprint density at radius 2 is 2.00 bits per heavy atom. The molecular formula is C15H14FN5O4. The number of para-hydroxylation sites is 1. The van der Waals surface area contributed by atoms with Crippen molar-refractivity contribution in [2.75, 3.05) is 7.11 Å². The molecule has 2 aromatic rings. The summed E-state index contributed by atoms with van der Waals surface area (Å²) in [6.07, 6.45) is 1.14. The van der Waals surface area contributed by atoms with Gasteiger partial charge in [0, 0.05) is 0 Å². The van der Waals surface area contributed by atoms with Crippen LogP contribution in [0.5, 0.6) is 11.6 Å². The predicted octanol–water partition coefficient (Wildman–Crippen LogP) is 1.26. The molecule has 1 aromatic heterocycles. The van der Waals surface area contributed by atoms with Crippen molar-refractivity contribution in [1.29, 1.82) is 0 Å². The maximum Gasteiger partial charge on any atom is 0.319 e. The van der Waals surface area contributed by atoms with Crippen LogP contribution in [0.1, 0.15) is 11.3 Å². The molecule has 0 aliphatic heterocycles. The van der Waals surface area contributed by atoms with Gasteiger partial charge >= 0.3 is 6.03 Å². The molecule has 0 radical (unpaired) electrons. The van der Waals surface area contributed by atoms with E-state index in [4.69, 9.17) is 10.5 Å². The first-order valence-corrected chi connectivity index (χ1v) is 6.90. The van der Waals surface area contributed by atoms with Gasteiger partial charge in [-0.2, -0.15) is 9.37 Å². The Balaban J connectivity index is 2.45. The van der Waals surface area contributed by atoms with Gasteiger partial charge < -0.3 is 15.3 Å². The highest BCUT2D eigenvalue weighted by Crippen LogP contribution is 2.27. The minimum atomic E-state index is -1.07. The summed E-state index contributed by atoms with van der Waals surface area (Å²) < 4.78 is 19.5. The lowest BCUT2D eigenvalue weighted by molar-refractivity contribution is -0.113. The van der Waals surface area contributed by atoms with E-state index in [-0.39, 0.29) is 28.6 Å². The summed E-state index contributed by atoms with van der Waals surface area (Å²) in [5, 5.41) is 5.45. The van der Waals surface area contributed by atoms with Gasteiger partial charge in [0.15, 0.2) is 5.71 Å². The second-order valence-electron chi connectivity index (χ2n) is 4.62. The Morgan fingerprint density at radius 1 is 1.28 bits per heavy atom. The van der Waals surface area contributed by atoms with Crippen LogP contribution >= 0.6 is 0 Å². The zero-order valence-corrected chi connectivity index (χ0v) is 13.3. The van der Waals surface area contributed by atoms with E-state index in [1.807, 2.05) is 5.32 Å². The van der Waals surface area contributed by atoms with Gasteiger partial charge in [-0.05, 0) is 19.1 Å². The van der Waals surface area contributed by atoms with Gasteiger partial charge in [-0.1, -0.05) is 17.3 Å². The van der Waals surface area contributed by atoms with Gasteiger partial charge in [-0.3, -0.25) is 10.1 Å². The van der Waals surface area contributed by atoms with Crippen LogP contribution < -0.4 is 15.8 Å². The minimum absolute atomic E-state index is 0.0647. The van der Waals surface area contributed by atoms with Gasteiger partial charge in [-0.15, -0.1) is 0 Å². The van der Waals surface area contributed by atoms with Gasteiger partial charge in [0.05, 0.1) is 11.3 Å². The molecule has 10 heteroatoms. The number of imide groups is 1. The second-order valence-corrected chi connectivity index (χ2v) is 4.62. The monoisotopic (exact) mass is 347 g/mol. The second kappa shape index (κ2) is 7.81. The number of aromatic nitrogens is 2. The van der Waals surface area contributed by atoms with E-state index in [1.54, 1.807) is 12.1 Å². The smallest absolute Gasteiger partial charge is 0.319 e. The Labute approximate surface area is 141 Å². The van der Waals surface area contributed by atoms with Crippen molar-refractivity contribution >= 4 is 17.6 Å². The number of ether oxygens (including phenoxy) is 1. The maximum atomic E-state index is 14.1. The highest BCUT2D eigenvalue weighted by molar-refractivity contribution is 6.47. The zero-order chi connectivity index (χ0) is 18.4. The predicted molar refractivity (Wildman–Crippen MR) is 84.5 cm³/mol. The lowest BCUT2D eigenvalue weighted by Crippen LogP contribution is -2.40. The topological polar surface area (TPSA) is 129 Å². The molecule has 0 bridgehead atoms. The number of nitrogens with one attached hydrogen (secondary N) is 1. The average Bonchev–Trinajstić information content (AvgIpc) is 2.57. The first kappa shape index (κ1) is 17.8. The van der Waals surface area contributed by atoms with Gasteiger partial charge in [0.1, 0.15) is 19.2 Å². The number of benzene rings is 1. The summed E-state index contributed by atoms with van der Waals surface area (Å²) >= 11 is 0. The van der Waals surface area contributed by atoms with Crippen molar-refractivity contribution in [3.8, 4) is 11.6 Å². The highest BCUT2D eigenvalue weighted by Gasteiger charge is 2.22. The van der Waals surface area contributed by atoms with Crippen molar-refractivity contribution < 1.29 is 23.6 Å². The molecule has 0 saturated heterocycles. The van der Waals surface area contributed by atoms with Crippen LogP contribution in [-0.2, 0) is 9.63 Å². The number of oxime groups is 1. The number of carbonyl (C=O) groups excluding carboxylic acids is 2. The number of rotatable bonds is 5. The quantitative estimate of drug-likeness (QED) is 0.619. The van der Waals surface area contributed by atoms with Crippen LogP contribution in [0.4, 0.5) is 9.18 Å². The van der Waals surface area contributed by atoms with Crippen molar-refractivity contribution in [3.05, 3.63) is 47.7 Å². The van der Waals surface area contributed by atoms with Crippen LogP contribution in [0.3, 0.4) is 0 Å². The molecule has 0 unspecified atom stereocenters. The normalized spacial score (nSPS) is 10.9. The van der Waals surface area contributed by atoms with E-state index in [9.17, 15) is 14.0 Å². The molecule has 25 heavy (non-hydrogen) atoms. The molecule has 130 valence electrons. The lowest BCUT2D eigenvalue weighted by atomic mass is 10.1. The van der Waals surface area contributed by atoms with Crippen LogP contribution in [0.2, 0.25) is 0 Å². The molecule has 3 N–H and O–H groups in total. The third-order valence-corrected chi connectivity index (χ3v) is 2.91. The van der Waals surface area contributed by atoms with E-state index in [0.29, 0.717) is 0 Å². The summed E-state index contributed by atoms with van der Waals surface area (Å²) in [5.41, 5.74) is 4.88. The summed E-state index contributed by atoms with van der Waals surface area (Å²) in [6.45, 7) is 1.45. The van der Waals surface area contributed by atoms with Gasteiger partial charge in [0.2, 0.25) is 5.82 Å². The van der Waals surface area contributed by atoms with E-state index >= 15 is 0 Å². The number of aryl methyl sites for hydroxylation is 1. The van der Waals surface area contributed by atoms with Crippen LogP contribution in [0.25, 0.3) is 0 Å². The lowest BCUT2D eigenvalue weighted by Gasteiger charge is -2.12. The fraction of sp³-hybridized carbons (Fsp3) is 0.133. The number of hydrogen-bond donors (Lipinski definition) is 2. The number of nitrogens with zero attached hydrogens (tertiary/aromatic N) is 3. The maximum absolute atomic E-state index is 14.1. The average molecular weight is 347 g/mol. The third-order valence-electron chi connectivity index (χ3n) is 2.91. The Morgan fingerprint density at radius 3 is 2.68 bits per heavy atom. The van der Waals surface area contributed by atoms with Crippen molar-refractivity contribution in [3.63, 3.8) is 0 Å². The first-order chi connectivity index (χ1) is 11.9. The third kappa shape index (κ3) is 4.25. The van der Waals surface area contributed by atoms with E-state index < -0.39 is 17.8 Å². The Hall–Kier alpha value is -3.56. The molecule has 1 aromatic carbocycles. The zero-order valence-electron chi connectivity index (χ0n) is 13.3. The Kier molecular flexibility index (Phi) is 5.56. The number of primary amides is 1. The molecule has 0 fully saturated rings. The summed E-state index contributed by atoms with van der Waals surface area (Å²) in [4.78, 5) is 35.0. The molecule has 0 spiro atoms. The molecule has 0 aliphatic rings. The number of halogens is 1.